The van der Waals surface area contributed by atoms with Crippen molar-refractivity contribution in [1.29, 1.82) is 0 Å². The number of carbonyl (C=O) groups excluding carboxylic acids is 2. The van der Waals surface area contributed by atoms with E-state index in [1.54, 1.807) is 19.1 Å². The number of amides is 3. The quantitative estimate of drug-likeness (QED) is 0.766. The van der Waals surface area contributed by atoms with Gasteiger partial charge in [0.2, 0.25) is 6.41 Å². The predicted octanol–water partition coefficient (Wildman–Crippen LogP) is 0.221. The Morgan fingerprint density at radius 2 is 1.81 bits per heavy atom. The Labute approximate surface area is 92.7 Å². The van der Waals surface area contributed by atoms with Crippen molar-refractivity contribution in [1.82, 2.24) is 4.31 Å². The van der Waals surface area contributed by atoms with Crippen molar-refractivity contribution in [3.63, 3.8) is 0 Å². The van der Waals surface area contributed by atoms with Crippen molar-refractivity contribution in [3.8, 4) is 0 Å². The summed E-state index contributed by atoms with van der Waals surface area (Å²) in [4.78, 5) is 21.1. The molecule has 1 aromatic rings. The minimum absolute atomic E-state index is 0.0440. The molecule has 0 saturated heterocycles. The van der Waals surface area contributed by atoms with Gasteiger partial charge in [-0.25, -0.2) is 13.2 Å². The molecule has 3 amide bonds. The van der Waals surface area contributed by atoms with Gasteiger partial charge in [-0.05, 0) is 19.1 Å². The number of imide groups is 1. The Bertz CT molecular complexity index is 507. The highest BCUT2D eigenvalue weighted by atomic mass is 32.2. The summed E-state index contributed by atoms with van der Waals surface area (Å²) in [6, 6.07) is 4.36. The summed E-state index contributed by atoms with van der Waals surface area (Å²) < 4.78 is 23.4. The second kappa shape index (κ2) is 4.31. The summed E-state index contributed by atoms with van der Waals surface area (Å²) in [5.41, 5.74) is 5.63. The molecule has 0 atom stereocenters. The van der Waals surface area contributed by atoms with E-state index in [-0.39, 0.29) is 15.6 Å². The van der Waals surface area contributed by atoms with Gasteiger partial charge in [0.25, 0.3) is 10.0 Å². The van der Waals surface area contributed by atoms with Crippen molar-refractivity contribution in [2.45, 2.75) is 11.8 Å². The second-order valence-corrected chi connectivity index (χ2v) is 4.87. The normalized spacial score (nSPS) is 10.8. The molecule has 0 aliphatic carbocycles. The summed E-state index contributed by atoms with van der Waals surface area (Å²) >= 11 is 0. The summed E-state index contributed by atoms with van der Waals surface area (Å²) in [6.45, 7) is 1.78. The van der Waals surface area contributed by atoms with E-state index in [1.807, 2.05) is 0 Å². The topological polar surface area (TPSA) is 97.5 Å². The van der Waals surface area contributed by atoms with E-state index in [1.165, 1.54) is 12.1 Å². The van der Waals surface area contributed by atoms with Crippen molar-refractivity contribution in [3.05, 3.63) is 29.8 Å². The molecule has 1 aromatic carbocycles. The number of hydrogen-bond donors (Lipinski definition) is 1. The molecule has 0 spiro atoms. The fourth-order valence-electron chi connectivity index (χ4n) is 1.05. The highest BCUT2D eigenvalue weighted by molar-refractivity contribution is 7.90. The van der Waals surface area contributed by atoms with Gasteiger partial charge in [0.05, 0.1) is 4.90 Å². The summed E-state index contributed by atoms with van der Waals surface area (Å²) in [5.74, 6) is 0. The lowest BCUT2D eigenvalue weighted by molar-refractivity contribution is -0.112. The van der Waals surface area contributed by atoms with E-state index in [0.717, 1.165) is 5.56 Å². The smallest absolute Gasteiger partial charge is 0.335 e. The number of hydrogen-bond acceptors (Lipinski definition) is 4. The number of urea groups is 1. The highest BCUT2D eigenvalue weighted by Gasteiger charge is 2.26. The van der Waals surface area contributed by atoms with Crippen LogP contribution < -0.4 is 5.73 Å². The molecule has 0 unspecified atom stereocenters. The number of nitrogens with two attached hydrogens (primary N) is 1. The number of rotatable bonds is 3. The van der Waals surface area contributed by atoms with E-state index in [0.29, 0.717) is 0 Å². The molecule has 0 aliphatic heterocycles. The molecule has 16 heavy (non-hydrogen) atoms. The van der Waals surface area contributed by atoms with Gasteiger partial charge >= 0.3 is 6.03 Å². The Balaban J connectivity index is 3.25. The van der Waals surface area contributed by atoms with Crippen LogP contribution in [-0.2, 0) is 14.8 Å². The van der Waals surface area contributed by atoms with Gasteiger partial charge in [0, 0.05) is 0 Å². The molecular formula is C9H10N2O4S. The first kappa shape index (κ1) is 12.2. The summed E-state index contributed by atoms with van der Waals surface area (Å²) in [5, 5.41) is 0. The average molecular weight is 242 g/mol. The maximum absolute atomic E-state index is 11.7. The lowest BCUT2D eigenvalue weighted by atomic mass is 10.2. The molecule has 86 valence electrons. The molecule has 0 aromatic heterocycles. The average Bonchev–Trinajstić information content (AvgIpc) is 2.18. The predicted molar refractivity (Wildman–Crippen MR) is 55.9 cm³/mol. The van der Waals surface area contributed by atoms with Crippen LogP contribution in [0, 0.1) is 6.92 Å². The third kappa shape index (κ3) is 2.19. The zero-order chi connectivity index (χ0) is 12.3. The fourth-order valence-corrected chi connectivity index (χ4v) is 2.11. The highest BCUT2D eigenvalue weighted by Crippen LogP contribution is 2.14. The van der Waals surface area contributed by atoms with Crippen LogP contribution in [0.25, 0.3) is 0 Å². The van der Waals surface area contributed by atoms with Crippen molar-refractivity contribution in [2.24, 2.45) is 5.73 Å². The van der Waals surface area contributed by atoms with Gasteiger partial charge in [-0.3, -0.25) is 4.79 Å². The molecule has 0 heterocycles. The Morgan fingerprint density at radius 3 is 2.19 bits per heavy atom. The molecule has 2 N–H and O–H groups in total. The summed E-state index contributed by atoms with van der Waals surface area (Å²) in [6.07, 6.45) is -0.127. The number of sulfonamides is 1. The lowest BCUT2D eigenvalue weighted by Crippen LogP contribution is -2.39. The number of nitrogens with zero attached hydrogens (tertiary/aromatic N) is 1. The molecule has 0 radical (unpaired) electrons. The van der Waals surface area contributed by atoms with E-state index in [2.05, 4.69) is 0 Å². The third-order valence-electron chi connectivity index (χ3n) is 1.89. The van der Waals surface area contributed by atoms with Gasteiger partial charge in [-0.1, -0.05) is 17.7 Å². The minimum Gasteiger partial charge on any atom is -0.350 e. The zero-order valence-electron chi connectivity index (χ0n) is 8.45. The molecule has 7 heteroatoms. The number of benzene rings is 1. The van der Waals surface area contributed by atoms with Gasteiger partial charge in [0.1, 0.15) is 0 Å². The van der Waals surface area contributed by atoms with Crippen LogP contribution in [0.5, 0.6) is 0 Å². The molecule has 0 bridgehead atoms. The number of aryl methyl sites for hydroxylation is 1. The first-order valence-electron chi connectivity index (χ1n) is 4.25. The van der Waals surface area contributed by atoms with Crippen LogP contribution in [-0.4, -0.2) is 25.2 Å². The Morgan fingerprint density at radius 1 is 1.31 bits per heavy atom. The van der Waals surface area contributed by atoms with Crippen molar-refractivity contribution >= 4 is 22.5 Å². The second-order valence-electron chi connectivity index (χ2n) is 3.06. The van der Waals surface area contributed by atoms with Gasteiger partial charge in [-0.15, -0.1) is 0 Å². The number of primary amides is 1. The largest absolute Gasteiger partial charge is 0.350 e. The van der Waals surface area contributed by atoms with Gasteiger partial charge in [-0.2, -0.15) is 4.31 Å². The first-order valence-corrected chi connectivity index (χ1v) is 5.69. The van der Waals surface area contributed by atoms with E-state index < -0.39 is 16.1 Å². The Hall–Kier alpha value is -1.89. The summed E-state index contributed by atoms with van der Waals surface area (Å²) in [7, 11) is -4.18. The molecule has 0 saturated carbocycles. The standard InChI is InChI=1S/C9H10N2O4S/c1-7-2-4-8(5-3-7)16(14,15)11(6-12)9(10)13/h2-6H,1H3,(H2,10,13). The molecule has 0 aliphatic rings. The fraction of sp³-hybridized carbons (Fsp3) is 0.111. The molecule has 0 fully saturated rings. The monoisotopic (exact) mass is 242 g/mol. The molecule has 6 nitrogen and oxygen atoms in total. The SMILES string of the molecule is Cc1ccc(S(=O)(=O)N(C=O)C(N)=O)cc1. The third-order valence-corrected chi connectivity index (χ3v) is 3.54. The minimum atomic E-state index is -4.18. The van der Waals surface area contributed by atoms with E-state index >= 15 is 0 Å². The van der Waals surface area contributed by atoms with Gasteiger partial charge in [0.15, 0.2) is 0 Å². The maximum Gasteiger partial charge on any atom is 0.335 e. The van der Waals surface area contributed by atoms with Crippen LogP contribution in [0.2, 0.25) is 0 Å². The molecular weight excluding hydrogens is 232 g/mol. The zero-order valence-corrected chi connectivity index (χ0v) is 9.27. The lowest BCUT2D eigenvalue weighted by Gasteiger charge is -2.12. The molecule has 1 rings (SSSR count). The van der Waals surface area contributed by atoms with Crippen LogP contribution in [0.3, 0.4) is 0 Å². The van der Waals surface area contributed by atoms with Crippen LogP contribution in [0.15, 0.2) is 29.2 Å². The van der Waals surface area contributed by atoms with Gasteiger partial charge < -0.3 is 5.73 Å². The van der Waals surface area contributed by atoms with E-state index in [9.17, 15) is 18.0 Å². The van der Waals surface area contributed by atoms with Crippen LogP contribution >= 0.6 is 0 Å². The van der Waals surface area contributed by atoms with E-state index in [4.69, 9.17) is 5.73 Å². The first-order chi connectivity index (χ1) is 7.39. The van der Waals surface area contributed by atoms with Crippen LogP contribution in [0.1, 0.15) is 5.56 Å². The maximum atomic E-state index is 11.7. The Kier molecular flexibility index (Phi) is 3.28. The van der Waals surface area contributed by atoms with Crippen molar-refractivity contribution in [2.75, 3.05) is 0 Å². The number of carbonyl (C=O) groups is 2. The van der Waals surface area contributed by atoms with Crippen molar-refractivity contribution < 1.29 is 18.0 Å². The van der Waals surface area contributed by atoms with Crippen LogP contribution in [0.4, 0.5) is 4.79 Å².